The van der Waals surface area contributed by atoms with Crippen molar-refractivity contribution in [1.29, 1.82) is 0 Å². The van der Waals surface area contributed by atoms with Crippen LogP contribution in [0.15, 0.2) is 59.8 Å². The van der Waals surface area contributed by atoms with Gasteiger partial charge < -0.3 is 4.57 Å². The first kappa shape index (κ1) is 17.9. The predicted molar refractivity (Wildman–Crippen MR) is 103 cm³/mol. The molecule has 0 spiro atoms. The van der Waals surface area contributed by atoms with Crippen LogP contribution in [0.2, 0.25) is 0 Å². The summed E-state index contributed by atoms with van der Waals surface area (Å²) in [5.74, 6) is 2.16. The van der Waals surface area contributed by atoms with Crippen molar-refractivity contribution >= 4 is 28.7 Å². The molecule has 0 saturated carbocycles. The number of benzene rings is 2. The quantitative estimate of drug-likeness (QED) is 0.317. The number of terminal acetylenes is 1. The van der Waals surface area contributed by atoms with Gasteiger partial charge in [0.2, 0.25) is 5.91 Å². The fraction of sp³-hybridized carbons (Fsp3) is 0.100. The van der Waals surface area contributed by atoms with Gasteiger partial charge in [-0.3, -0.25) is 14.9 Å². The second-order valence-corrected chi connectivity index (χ2v) is 5.79. The number of hydrazone groups is 1. The number of rotatable bonds is 6. The Kier molecular flexibility index (Phi) is 5.28. The van der Waals surface area contributed by atoms with Gasteiger partial charge in [-0.15, -0.1) is 6.42 Å². The number of nitrogens with one attached hydrogen (secondary N) is 1. The van der Waals surface area contributed by atoms with Crippen LogP contribution in [0.3, 0.4) is 0 Å². The average Bonchev–Trinajstić information content (AvgIpc) is 3.00. The molecule has 0 radical (unpaired) electrons. The van der Waals surface area contributed by atoms with E-state index in [1.54, 1.807) is 18.2 Å². The molecule has 0 aliphatic rings. The highest BCUT2D eigenvalue weighted by Crippen LogP contribution is 2.20. The van der Waals surface area contributed by atoms with Crippen LogP contribution in [0.5, 0.6) is 0 Å². The van der Waals surface area contributed by atoms with Crippen LogP contribution < -0.4 is 5.43 Å². The number of nitro benzene ring substituents is 1. The normalized spacial score (nSPS) is 10.8. The molecule has 1 N–H and O–H groups in total. The zero-order valence-electron chi connectivity index (χ0n) is 14.3. The molecule has 1 amide bonds. The van der Waals surface area contributed by atoms with Gasteiger partial charge in [-0.2, -0.15) is 5.10 Å². The Morgan fingerprint density at radius 2 is 2.00 bits per heavy atom. The average molecular weight is 360 g/mol. The molecule has 7 nitrogen and oxygen atoms in total. The third kappa shape index (κ3) is 4.02. The van der Waals surface area contributed by atoms with E-state index in [9.17, 15) is 14.9 Å². The number of fused-ring (bicyclic) bond motifs is 1. The summed E-state index contributed by atoms with van der Waals surface area (Å²) in [5.41, 5.74) is 4.44. The smallest absolute Gasteiger partial charge is 0.273 e. The molecule has 27 heavy (non-hydrogen) atoms. The minimum absolute atomic E-state index is 0.0889. The van der Waals surface area contributed by atoms with Crippen LogP contribution in [0, 0.1) is 22.5 Å². The highest BCUT2D eigenvalue weighted by atomic mass is 16.6. The van der Waals surface area contributed by atoms with Gasteiger partial charge in [0, 0.05) is 34.3 Å². The van der Waals surface area contributed by atoms with Crippen LogP contribution in [0.4, 0.5) is 5.69 Å². The molecule has 3 rings (SSSR count). The Morgan fingerprint density at radius 3 is 2.78 bits per heavy atom. The fourth-order valence-corrected chi connectivity index (χ4v) is 2.83. The molecule has 2 aromatic carbocycles. The van der Waals surface area contributed by atoms with E-state index in [0.717, 1.165) is 16.5 Å². The zero-order chi connectivity index (χ0) is 19.2. The van der Waals surface area contributed by atoms with Crippen molar-refractivity contribution in [1.82, 2.24) is 9.99 Å². The maximum Gasteiger partial charge on any atom is 0.273 e. The molecule has 0 atom stereocenters. The van der Waals surface area contributed by atoms with Gasteiger partial charge in [-0.1, -0.05) is 42.3 Å². The number of nitro groups is 1. The topological polar surface area (TPSA) is 89.5 Å². The number of amides is 1. The Morgan fingerprint density at radius 1 is 1.26 bits per heavy atom. The summed E-state index contributed by atoms with van der Waals surface area (Å²) in [6, 6.07) is 13.9. The summed E-state index contributed by atoms with van der Waals surface area (Å²) in [7, 11) is 0. The van der Waals surface area contributed by atoms with Crippen molar-refractivity contribution in [3.05, 3.63) is 76.0 Å². The van der Waals surface area contributed by atoms with Gasteiger partial charge in [0.05, 0.1) is 24.1 Å². The lowest BCUT2D eigenvalue weighted by Crippen LogP contribution is -2.20. The third-order valence-corrected chi connectivity index (χ3v) is 4.01. The van der Waals surface area contributed by atoms with Crippen LogP contribution in [0.1, 0.15) is 11.1 Å². The van der Waals surface area contributed by atoms with Crippen LogP contribution in [0.25, 0.3) is 10.9 Å². The lowest BCUT2D eigenvalue weighted by molar-refractivity contribution is -0.385. The first-order chi connectivity index (χ1) is 13.1. The van der Waals surface area contributed by atoms with E-state index in [-0.39, 0.29) is 12.1 Å². The summed E-state index contributed by atoms with van der Waals surface area (Å²) >= 11 is 0. The molecule has 0 aliphatic carbocycles. The standard InChI is InChI=1S/C20H16N4O3/c1-2-11-23-14-16(17-8-4-6-10-19(17)23)13-21-22-20(25)12-15-7-3-5-9-18(15)24(26)27/h1,3-10,13-14H,11-12H2,(H,22,25). The Balaban J connectivity index is 1.73. The van der Waals surface area contributed by atoms with E-state index in [1.807, 2.05) is 35.0 Å². The van der Waals surface area contributed by atoms with Gasteiger partial charge in [-0.05, 0) is 6.07 Å². The van der Waals surface area contributed by atoms with E-state index in [4.69, 9.17) is 6.42 Å². The summed E-state index contributed by atoms with van der Waals surface area (Å²) in [4.78, 5) is 22.6. The summed E-state index contributed by atoms with van der Waals surface area (Å²) < 4.78 is 1.92. The van der Waals surface area contributed by atoms with Crippen LogP contribution >= 0.6 is 0 Å². The van der Waals surface area contributed by atoms with Crippen molar-refractivity contribution in [2.75, 3.05) is 0 Å². The second-order valence-electron chi connectivity index (χ2n) is 5.79. The van der Waals surface area contributed by atoms with E-state index in [2.05, 4.69) is 16.4 Å². The van der Waals surface area contributed by atoms with Gasteiger partial charge in [0.15, 0.2) is 0 Å². The minimum atomic E-state index is -0.508. The van der Waals surface area contributed by atoms with Crippen molar-refractivity contribution in [2.45, 2.75) is 13.0 Å². The minimum Gasteiger partial charge on any atom is -0.335 e. The van der Waals surface area contributed by atoms with Gasteiger partial charge in [0.1, 0.15) is 0 Å². The molecule has 7 heteroatoms. The van der Waals surface area contributed by atoms with E-state index in [0.29, 0.717) is 12.1 Å². The van der Waals surface area contributed by atoms with Crippen molar-refractivity contribution in [3.63, 3.8) is 0 Å². The third-order valence-electron chi connectivity index (χ3n) is 4.01. The van der Waals surface area contributed by atoms with Gasteiger partial charge in [-0.25, -0.2) is 5.43 Å². The molecular formula is C20H16N4O3. The molecule has 1 aromatic heterocycles. The van der Waals surface area contributed by atoms with Gasteiger partial charge in [0.25, 0.3) is 5.69 Å². The summed E-state index contributed by atoms with van der Waals surface area (Å²) in [5, 5.41) is 15.9. The Labute approximate surface area is 155 Å². The zero-order valence-corrected chi connectivity index (χ0v) is 14.3. The summed E-state index contributed by atoms with van der Waals surface area (Å²) in [6.45, 7) is 0.429. The predicted octanol–water partition coefficient (Wildman–Crippen LogP) is 2.88. The largest absolute Gasteiger partial charge is 0.335 e. The monoisotopic (exact) mass is 360 g/mol. The van der Waals surface area contributed by atoms with Crippen molar-refractivity contribution < 1.29 is 9.72 Å². The lowest BCUT2D eigenvalue weighted by atomic mass is 10.1. The number of hydrogen-bond acceptors (Lipinski definition) is 4. The molecule has 1 heterocycles. The maximum atomic E-state index is 12.1. The molecule has 0 unspecified atom stereocenters. The molecule has 0 saturated heterocycles. The molecule has 0 aliphatic heterocycles. The number of para-hydroxylation sites is 2. The molecular weight excluding hydrogens is 344 g/mol. The van der Waals surface area contributed by atoms with Crippen molar-refractivity contribution in [3.8, 4) is 12.3 Å². The first-order valence-corrected chi connectivity index (χ1v) is 8.15. The number of hydrogen-bond donors (Lipinski definition) is 1. The summed E-state index contributed by atoms with van der Waals surface area (Å²) in [6.07, 6.45) is 8.66. The van der Waals surface area contributed by atoms with Crippen molar-refractivity contribution in [2.24, 2.45) is 5.10 Å². The number of carbonyl (C=O) groups excluding carboxylic acids is 1. The highest BCUT2D eigenvalue weighted by Gasteiger charge is 2.15. The van der Waals surface area contributed by atoms with E-state index < -0.39 is 10.8 Å². The SMILES string of the molecule is C#CCn1cc(C=NNC(=O)Cc2ccccc2[N+](=O)[O-])c2ccccc21. The molecule has 134 valence electrons. The van der Waals surface area contributed by atoms with Crippen LogP contribution in [-0.4, -0.2) is 21.6 Å². The number of aromatic nitrogens is 1. The maximum absolute atomic E-state index is 12.1. The Bertz CT molecular complexity index is 1080. The van der Waals surface area contributed by atoms with E-state index >= 15 is 0 Å². The lowest BCUT2D eigenvalue weighted by Gasteiger charge is -2.01. The Hall–Kier alpha value is -3.92. The van der Waals surface area contributed by atoms with Gasteiger partial charge >= 0.3 is 0 Å². The highest BCUT2D eigenvalue weighted by molar-refractivity contribution is 5.99. The van der Waals surface area contributed by atoms with E-state index in [1.165, 1.54) is 12.3 Å². The first-order valence-electron chi connectivity index (χ1n) is 8.15. The molecule has 0 bridgehead atoms. The molecule has 0 fully saturated rings. The number of nitrogens with zero attached hydrogens (tertiary/aromatic N) is 3. The fourth-order valence-electron chi connectivity index (χ4n) is 2.83. The second kappa shape index (κ2) is 7.97. The number of carbonyl (C=O) groups is 1. The molecule has 3 aromatic rings. The van der Waals surface area contributed by atoms with Crippen LogP contribution in [-0.2, 0) is 17.8 Å².